The van der Waals surface area contributed by atoms with Gasteiger partial charge in [-0.25, -0.2) is 9.78 Å². The van der Waals surface area contributed by atoms with Crippen molar-refractivity contribution in [1.82, 2.24) is 4.98 Å². The molecule has 0 fully saturated rings. The number of nitrogens with zero attached hydrogens (tertiary/aromatic N) is 1. The van der Waals surface area contributed by atoms with Crippen LogP contribution in [0.15, 0.2) is 24.4 Å². The summed E-state index contributed by atoms with van der Waals surface area (Å²) in [5.74, 6) is -0.475. The van der Waals surface area contributed by atoms with Gasteiger partial charge in [-0.15, -0.1) is 10.9 Å². The summed E-state index contributed by atoms with van der Waals surface area (Å²) in [6, 6.07) is 5.05. The van der Waals surface area contributed by atoms with Crippen LogP contribution in [0.1, 0.15) is 10.5 Å². The minimum Gasteiger partial charge on any atom is -0.464 e. The number of carbonyl (C=O) groups is 1. The molecular formula is C11H7B2NO2. The summed E-state index contributed by atoms with van der Waals surface area (Å²) in [7, 11) is 12.7. The van der Waals surface area contributed by atoms with Crippen molar-refractivity contribution in [2.45, 2.75) is 0 Å². The molecule has 3 nitrogen and oxygen atoms in total. The summed E-state index contributed by atoms with van der Waals surface area (Å²) in [4.78, 5) is 15.2. The highest BCUT2D eigenvalue weighted by Gasteiger charge is 2.07. The van der Waals surface area contributed by atoms with E-state index in [1.54, 1.807) is 24.4 Å². The normalized spacial score (nSPS) is 10.3. The second-order valence-electron chi connectivity index (χ2n) is 3.39. The average molecular weight is 207 g/mol. The highest BCUT2D eigenvalue weighted by atomic mass is 16.5. The molecule has 5 heteroatoms. The molecule has 0 unspecified atom stereocenters. The molecule has 1 heterocycles. The molecule has 16 heavy (non-hydrogen) atoms. The minimum atomic E-state index is -0.475. The van der Waals surface area contributed by atoms with Gasteiger partial charge < -0.3 is 4.74 Å². The summed E-state index contributed by atoms with van der Waals surface area (Å²) in [6.07, 6.45) is 1.57. The number of benzene rings is 1. The first-order valence-electron chi connectivity index (χ1n) is 4.65. The van der Waals surface area contributed by atoms with E-state index in [-0.39, 0.29) is 5.69 Å². The fourth-order valence-electron chi connectivity index (χ4n) is 1.45. The second kappa shape index (κ2) is 4.00. The maximum absolute atomic E-state index is 11.3. The Morgan fingerprint density at radius 2 is 1.81 bits per heavy atom. The Morgan fingerprint density at radius 1 is 1.19 bits per heavy atom. The van der Waals surface area contributed by atoms with Crippen molar-refractivity contribution >= 4 is 43.4 Å². The van der Waals surface area contributed by atoms with Crippen molar-refractivity contribution in [3.63, 3.8) is 0 Å². The Balaban J connectivity index is 2.62. The summed E-state index contributed by atoms with van der Waals surface area (Å²) in [6.45, 7) is 0. The molecule has 0 aliphatic carbocycles. The predicted molar refractivity (Wildman–Crippen MR) is 63.9 cm³/mol. The van der Waals surface area contributed by atoms with E-state index in [0.717, 1.165) is 10.8 Å². The summed E-state index contributed by atoms with van der Waals surface area (Å²) >= 11 is 0. The van der Waals surface area contributed by atoms with E-state index < -0.39 is 5.97 Å². The van der Waals surface area contributed by atoms with Gasteiger partial charge in [-0.3, -0.25) is 0 Å². The maximum Gasteiger partial charge on any atom is 0.356 e. The fourth-order valence-corrected chi connectivity index (χ4v) is 1.45. The van der Waals surface area contributed by atoms with Gasteiger partial charge in [0.05, 0.1) is 7.11 Å². The van der Waals surface area contributed by atoms with Crippen molar-refractivity contribution < 1.29 is 9.53 Å². The third-order valence-electron chi connectivity index (χ3n) is 2.32. The van der Waals surface area contributed by atoms with E-state index >= 15 is 0 Å². The lowest BCUT2D eigenvalue weighted by Crippen LogP contribution is -2.25. The smallest absolute Gasteiger partial charge is 0.356 e. The topological polar surface area (TPSA) is 39.2 Å². The summed E-state index contributed by atoms with van der Waals surface area (Å²) in [5.41, 5.74) is 1.23. The highest BCUT2D eigenvalue weighted by Crippen LogP contribution is 2.11. The van der Waals surface area contributed by atoms with Crippen molar-refractivity contribution in [3.05, 3.63) is 30.1 Å². The van der Waals surface area contributed by atoms with Crippen molar-refractivity contribution in [1.29, 1.82) is 0 Å². The van der Waals surface area contributed by atoms with Crippen molar-refractivity contribution in [2.24, 2.45) is 0 Å². The van der Waals surface area contributed by atoms with E-state index in [1.807, 2.05) is 0 Å². The number of fused-ring (bicyclic) bond motifs is 1. The number of ether oxygens (including phenoxy) is 1. The van der Waals surface area contributed by atoms with Crippen LogP contribution in [-0.4, -0.2) is 33.8 Å². The molecule has 0 aliphatic rings. The SMILES string of the molecule is [B]c1cc2cnc(C(=O)OC)cc2cc1[B]. The van der Waals surface area contributed by atoms with E-state index in [4.69, 9.17) is 15.7 Å². The van der Waals surface area contributed by atoms with Crippen LogP contribution in [0.5, 0.6) is 0 Å². The molecule has 0 saturated carbocycles. The fraction of sp³-hybridized carbons (Fsp3) is 0.0909. The van der Waals surface area contributed by atoms with Crippen LogP contribution in [0.3, 0.4) is 0 Å². The molecule has 0 N–H and O–H groups in total. The van der Waals surface area contributed by atoms with Crippen molar-refractivity contribution in [2.75, 3.05) is 7.11 Å². The molecule has 4 radical (unpaired) electrons. The molecule has 2 rings (SSSR count). The van der Waals surface area contributed by atoms with E-state index in [0.29, 0.717) is 10.9 Å². The predicted octanol–water partition coefficient (Wildman–Crippen LogP) is -0.391. The molecule has 1 aromatic heterocycles. The highest BCUT2D eigenvalue weighted by molar-refractivity contribution is 6.49. The zero-order valence-electron chi connectivity index (χ0n) is 8.73. The molecular weight excluding hydrogens is 200 g/mol. The molecule has 0 saturated heterocycles. The molecule has 0 spiro atoms. The van der Waals surface area contributed by atoms with Gasteiger partial charge in [-0.2, -0.15) is 0 Å². The van der Waals surface area contributed by atoms with Gasteiger partial charge in [0.2, 0.25) is 0 Å². The van der Waals surface area contributed by atoms with Gasteiger partial charge in [-0.05, 0) is 16.8 Å². The van der Waals surface area contributed by atoms with Crippen LogP contribution in [0, 0.1) is 0 Å². The van der Waals surface area contributed by atoms with Crippen LogP contribution in [0.25, 0.3) is 10.8 Å². The van der Waals surface area contributed by atoms with E-state index in [9.17, 15) is 4.79 Å². The number of pyridine rings is 1. The van der Waals surface area contributed by atoms with Gasteiger partial charge >= 0.3 is 5.97 Å². The molecule has 74 valence electrons. The zero-order valence-corrected chi connectivity index (χ0v) is 8.73. The quantitative estimate of drug-likeness (QED) is 0.472. The van der Waals surface area contributed by atoms with Crippen LogP contribution in [-0.2, 0) is 4.74 Å². The van der Waals surface area contributed by atoms with Crippen LogP contribution < -0.4 is 10.9 Å². The number of methoxy groups -OCH3 is 1. The first-order valence-corrected chi connectivity index (χ1v) is 4.65. The third-order valence-corrected chi connectivity index (χ3v) is 2.32. The molecule has 2 aromatic rings. The van der Waals surface area contributed by atoms with Gasteiger partial charge in [-0.1, -0.05) is 12.1 Å². The number of hydrogen-bond acceptors (Lipinski definition) is 3. The Labute approximate surface area is 95.6 Å². The Hall–Kier alpha value is -1.77. The molecule has 0 amide bonds. The van der Waals surface area contributed by atoms with Crippen molar-refractivity contribution in [3.8, 4) is 0 Å². The Morgan fingerprint density at radius 3 is 2.44 bits per heavy atom. The largest absolute Gasteiger partial charge is 0.464 e. The second-order valence-corrected chi connectivity index (χ2v) is 3.39. The standard InChI is InChI=1S/C11H7B2NO2/c1-16-11(15)10-4-6-2-8(12)9(13)3-7(6)5-14-10/h2-5H,1H3. The number of aromatic nitrogens is 1. The Bertz CT molecular complexity index is 569. The first kappa shape index (κ1) is 10.7. The maximum atomic E-state index is 11.3. The van der Waals surface area contributed by atoms with Gasteiger partial charge in [0, 0.05) is 6.20 Å². The number of esters is 1. The lowest BCUT2D eigenvalue weighted by Gasteiger charge is -2.05. The van der Waals surface area contributed by atoms with E-state index in [2.05, 4.69) is 9.72 Å². The number of hydrogen-bond donors (Lipinski definition) is 0. The van der Waals surface area contributed by atoms with Gasteiger partial charge in [0.25, 0.3) is 0 Å². The molecule has 0 bridgehead atoms. The van der Waals surface area contributed by atoms with Gasteiger partial charge in [0.1, 0.15) is 21.4 Å². The van der Waals surface area contributed by atoms with Crippen LogP contribution >= 0.6 is 0 Å². The molecule has 0 aliphatic heterocycles. The van der Waals surface area contributed by atoms with Gasteiger partial charge in [0.15, 0.2) is 0 Å². The number of rotatable bonds is 1. The summed E-state index contributed by atoms with van der Waals surface area (Å²) < 4.78 is 4.58. The van der Waals surface area contributed by atoms with E-state index in [1.165, 1.54) is 7.11 Å². The molecule has 1 aromatic carbocycles. The summed E-state index contributed by atoms with van der Waals surface area (Å²) in [5, 5.41) is 1.64. The monoisotopic (exact) mass is 207 g/mol. The zero-order chi connectivity index (χ0) is 11.7. The van der Waals surface area contributed by atoms with Crippen LogP contribution in [0.2, 0.25) is 0 Å². The molecule has 0 atom stereocenters. The minimum absolute atomic E-state index is 0.249. The first-order chi connectivity index (χ1) is 7.61. The lowest BCUT2D eigenvalue weighted by atomic mass is 9.79. The average Bonchev–Trinajstić information content (AvgIpc) is 2.29. The number of carbonyl (C=O) groups excluding carboxylic acids is 1. The Kier molecular flexibility index (Phi) is 2.69. The third kappa shape index (κ3) is 1.81. The van der Waals surface area contributed by atoms with Crippen LogP contribution in [0.4, 0.5) is 0 Å². The lowest BCUT2D eigenvalue weighted by molar-refractivity contribution is 0.0594.